The minimum atomic E-state index is -1.37. The zero-order chi connectivity index (χ0) is 25.4. The number of rotatable bonds is 11. The Labute approximate surface area is 213 Å². The van der Waals surface area contributed by atoms with Crippen LogP contribution in [-0.4, -0.2) is 45.8 Å². The third-order valence-corrected chi connectivity index (χ3v) is 7.28. The summed E-state index contributed by atoms with van der Waals surface area (Å²) in [6.07, 6.45) is 7.03. The summed E-state index contributed by atoms with van der Waals surface area (Å²) in [6, 6.07) is 11.8. The van der Waals surface area contributed by atoms with Gasteiger partial charge in [-0.3, -0.25) is 9.00 Å². The standard InChI is InChI=1S/C26H28ClN3O4S/c1-4-5-6-7-14-35(33)23-13-8-18(15-22(23)26(32)34-3)24(31)25-28-16-21(17-29-25)30(2)20-11-9-19(27)10-12-20/h8-13,15-17H,4-7,14H2,1-3H3. The molecule has 1 atom stereocenters. The maximum Gasteiger partial charge on any atom is 0.339 e. The highest BCUT2D eigenvalue weighted by atomic mass is 35.5. The van der Waals surface area contributed by atoms with E-state index in [2.05, 4.69) is 16.9 Å². The average molecular weight is 514 g/mol. The third kappa shape index (κ3) is 6.74. The number of halogens is 1. The second-order valence-electron chi connectivity index (χ2n) is 7.94. The van der Waals surface area contributed by atoms with Gasteiger partial charge >= 0.3 is 5.97 Å². The van der Waals surface area contributed by atoms with Crippen LogP contribution in [0.3, 0.4) is 0 Å². The van der Waals surface area contributed by atoms with E-state index in [1.54, 1.807) is 36.7 Å². The number of unbranched alkanes of at least 4 members (excludes halogenated alkanes) is 3. The summed E-state index contributed by atoms with van der Waals surface area (Å²) in [4.78, 5) is 36.1. The van der Waals surface area contributed by atoms with Gasteiger partial charge in [0.15, 0.2) is 0 Å². The summed E-state index contributed by atoms with van der Waals surface area (Å²) in [5.41, 5.74) is 1.91. The predicted molar refractivity (Wildman–Crippen MR) is 138 cm³/mol. The fraction of sp³-hybridized carbons (Fsp3) is 0.308. The van der Waals surface area contributed by atoms with Crippen molar-refractivity contribution in [1.82, 2.24) is 9.97 Å². The molecule has 2 aromatic carbocycles. The van der Waals surface area contributed by atoms with E-state index in [1.165, 1.54) is 13.2 Å². The number of nitrogens with zero attached hydrogens (tertiary/aromatic N) is 3. The first-order chi connectivity index (χ1) is 16.8. The fourth-order valence-electron chi connectivity index (χ4n) is 3.46. The first kappa shape index (κ1) is 26.5. The van der Waals surface area contributed by atoms with E-state index in [9.17, 15) is 13.8 Å². The van der Waals surface area contributed by atoms with Crippen molar-refractivity contribution in [2.75, 3.05) is 24.8 Å². The van der Waals surface area contributed by atoms with Crippen LogP contribution in [0.2, 0.25) is 5.02 Å². The summed E-state index contributed by atoms with van der Waals surface area (Å²) >= 11 is 5.95. The molecule has 9 heteroatoms. The number of ketones is 1. The SMILES string of the molecule is CCCCCCS(=O)c1ccc(C(=O)c2ncc(N(C)c3ccc(Cl)cc3)cn2)cc1C(=O)OC. The molecule has 0 spiro atoms. The van der Waals surface area contributed by atoms with Gasteiger partial charge in [0.2, 0.25) is 11.6 Å². The van der Waals surface area contributed by atoms with Gasteiger partial charge in [0, 0.05) is 29.1 Å². The maximum absolute atomic E-state index is 13.0. The highest BCUT2D eigenvalue weighted by Crippen LogP contribution is 2.24. The highest BCUT2D eigenvalue weighted by molar-refractivity contribution is 7.85. The summed E-state index contributed by atoms with van der Waals surface area (Å²) in [5.74, 6) is -0.653. The predicted octanol–water partition coefficient (Wildman–Crippen LogP) is 5.60. The van der Waals surface area contributed by atoms with E-state index in [4.69, 9.17) is 16.3 Å². The number of ether oxygens (including phenoxy) is 1. The van der Waals surface area contributed by atoms with E-state index in [0.29, 0.717) is 21.4 Å². The monoisotopic (exact) mass is 513 g/mol. The largest absolute Gasteiger partial charge is 0.465 e. The number of methoxy groups -OCH3 is 1. The molecule has 1 unspecified atom stereocenters. The molecule has 184 valence electrons. The molecule has 0 radical (unpaired) electrons. The molecule has 0 aliphatic rings. The topological polar surface area (TPSA) is 89.5 Å². The van der Waals surface area contributed by atoms with Crippen LogP contribution >= 0.6 is 11.6 Å². The van der Waals surface area contributed by atoms with Gasteiger partial charge in [0.25, 0.3) is 0 Å². The normalized spacial score (nSPS) is 11.7. The number of anilines is 2. The van der Waals surface area contributed by atoms with Crippen molar-refractivity contribution in [3.63, 3.8) is 0 Å². The van der Waals surface area contributed by atoms with Crippen LogP contribution in [0.1, 0.15) is 59.1 Å². The molecule has 1 aromatic heterocycles. The van der Waals surface area contributed by atoms with E-state index in [1.807, 2.05) is 24.1 Å². The van der Waals surface area contributed by atoms with Crippen LogP contribution in [0.15, 0.2) is 59.8 Å². The van der Waals surface area contributed by atoms with Gasteiger partial charge in [-0.2, -0.15) is 0 Å². The second kappa shape index (κ2) is 12.6. The van der Waals surface area contributed by atoms with Crippen LogP contribution in [0.25, 0.3) is 0 Å². The number of hydrogen-bond donors (Lipinski definition) is 0. The number of aromatic nitrogens is 2. The quantitative estimate of drug-likeness (QED) is 0.187. The number of benzene rings is 2. The van der Waals surface area contributed by atoms with Crippen LogP contribution in [-0.2, 0) is 15.5 Å². The van der Waals surface area contributed by atoms with E-state index < -0.39 is 22.6 Å². The molecule has 0 fully saturated rings. The molecule has 3 rings (SSSR count). The Morgan fingerprint density at radius 1 is 1.00 bits per heavy atom. The lowest BCUT2D eigenvalue weighted by atomic mass is 10.1. The molecular weight excluding hydrogens is 486 g/mol. The molecule has 1 heterocycles. The van der Waals surface area contributed by atoms with Gasteiger partial charge in [-0.1, -0.05) is 37.8 Å². The zero-order valence-corrected chi connectivity index (χ0v) is 21.6. The minimum absolute atomic E-state index is 0.0116. The molecule has 7 nitrogen and oxygen atoms in total. The van der Waals surface area contributed by atoms with Crippen molar-refractivity contribution < 1.29 is 18.5 Å². The lowest BCUT2D eigenvalue weighted by Gasteiger charge is -2.18. The molecule has 0 saturated heterocycles. The van der Waals surface area contributed by atoms with E-state index in [-0.39, 0.29) is 17.0 Å². The summed E-state index contributed by atoms with van der Waals surface area (Å²) < 4.78 is 17.7. The van der Waals surface area contributed by atoms with Crippen LogP contribution in [0.5, 0.6) is 0 Å². The van der Waals surface area contributed by atoms with Gasteiger partial charge in [-0.05, 0) is 48.9 Å². The zero-order valence-electron chi connectivity index (χ0n) is 20.0. The first-order valence-electron chi connectivity index (χ1n) is 11.3. The summed E-state index contributed by atoms with van der Waals surface area (Å²) in [7, 11) is 1.74. The molecule has 0 saturated carbocycles. The van der Waals surface area contributed by atoms with Crippen molar-refractivity contribution in [3.05, 3.63) is 76.8 Å². The Balaban J connectivity index is 1.81. The van der Waals surface area contributed by atoms with Crippen molar-refractivity contribution >= 4 is 45.5 Å². The molecular formula is C26H28ClN3O4S. The van der Waals surface area contributed by atoms with Crippen LogP contribution in [0, 0.1) is 0 Å². The molecule has 0 N–H and O–H groups in total. The Morgan fingerprint density at radius 2 is 1.69 bits per heavy atom. The summed E-state index contributed by atoms with van der Waals surface area (Å²) in [5, 5.41) is 0.636. The van der Waals surface area contributed by atoms with Crippen molar-refractivity contribution in [1.29, 1.82) is 0 Å². The molecule has 0 bridgehead atoms. The van der Waals surface area contributed by atoms with Crippen molar-refractivity contribution in [2.24, 2.45) is 0 Å². The lowest BCUT2D eigenvalue weighted by Crippen LogP contribution is -2.14. The van der Waals surface area contributed by atoms with Crippen molar-refractivity contribution in [3.8, 4) is 0 Å². The second-order valence-corrected chi connectivity index (χ2v) is 9.92. The number of carbonyl (C=O) groups excluding carboxylic acids is 2. The van der Waals surface area contributed by atoms with Gasteiger partial charge < -0.3 is 9.64 Å². The van der Waals surface area contributed by atoms with Crippen LogP contribution < -0.4 is 4.90 Å². The average Bonchev–Trinajstić information content (AvgIpc) is 2.90. The van der Waals surface area contributed by atoms with Gasteiger partial charge in [0.05, 0.1) is 46.4 Å². The van der Waals surface area contributed by atoms with E-state index >= 15 is 0 Å². The van der Waals surface area contributed by atoms with Crippen LogP contribution in [0.4, 0.5) is 11.4 Å². The maximum atomic E-state index is 13.0. The van der Waals surface area contributed by atoms with E-state index in [0.717, 1.165) is 31.4 Å². The molecule has 35 heavy (non-hydrogen) atoms. The minimum Gasteiger partial charge on any atom is -0.465 e. The number of carbonyl (C=O) groups is 2. The van der Waals surface area contributed by atoms with Gasteiger partial charge in [0.1, 0.15) is 0 Å². The van der Waals surface area contributed by atoms with Crippen molar-refractivity contribution in [2.45, 2.75) is 37.5 Å². The number of hydrogen-bond acceptors (Lipinski definition) is 7. The Morgan fingerprint density at radius 3 is 2.31 bits per heavy atom. The molecule has 0 aliphatic carbocycles. The molecule has 0 aliphatic heterocycles. The first-order valence-corrected chi connectivity index (χ1v) is 13.0. The molecule has 0 amide bonds. The van der Waals surface area contributed by atoms with Gasteiger partial charge in [-0.15, -0.1) is 0 Å². The molecule has 3 aromatic rings. The Hall–Kier alpha value is -3.10. The Bertz CT molecular complexity index is 1200. The highest BCUT2D eigenvalue weighted by Gasteiger charge is 2.21. The smallest absolute Gasteiger partial charge is 0.339 e. The summed E-state index contributed by atoms with van der Waals surface area (Å²) in [6.45, 7) is 2.11. The Kier molecular flexibility index (Phi) is 9.51. The number of esters is 1. The third-order valence-electron chi connectivity index (χ3n) is 5.52. The fourth-order valence-corrected chi connectivity index (χ4v) is 4.88. The lowest BCUT2D eigenvalue weighted by molar-refractivity contribution is 0.0596. The van der Waals surface area contributed by atoms with Gasteiger partial charge in [-0.25, -0.2) is 14.8 Å².